The number of aryl methyl sites for hydroxylation is 1. The van der Waals surface area contributed by atoms with E-state index in [1.165, 1.54) is 12.4 Å². The van der Waals surface area contributed by atoms with Gasteiger partial charge in [0, 0.05) is 24.5 Å². The van der Waals surface area contributed by atoms with Crippen LogP contribution in [-0.2, 0) is 0 Å². The van der Waals surface area contributed by atoms with Gasteiger partial charge in [-0.25, -0.2) is 9.97 Å². The van der Waals surface area contributed by atoms with Gasteiger partial charge in [-0.3, -0.25) is 4.79 Å². The van der Waals surface area contributed by atoms with Crippen molar-refractivity contribution < 1.29 is 9.53 Å². The van der Waals surface area contributed by atoms with E-state index < -0.39 is 0 Å². The number of nitrogens with zero attached hydrogens (tertiary/aromatic N) is 4. The first-order valence-electron chi connectivity index (χ1n) is 7.91. The number of hydrogen-bond donors (Lipinski definition) is 0. The summed E-state index contributed by atoms with van der Waals surface area (Å²) in [5, 5.41) is 9.07. The molecule has 2 heterocycles. The Hall–Kier alpha value is -2.94. The van der Waals surface area contributed by atoms with Gasteiger partial charge in [-0.05, 0) is 31.4 Å². The lowest BCUT2D eigenvalue weighted by Crippen LogP contribution is -2.44. The Bertz CT molecular complexity index is 785. The zero-order valence-electron chi connectivity index (χ0n) is 13.5. The zero-order valence-corrected chi connectivity index (χ0v) is 13.5. The van der Waals surface area contributed by atoms with Gasteiger partial charge in [0.05, 0.1) is 6.54 Å². The molecule has 2 aromatic rings. The molecule has 1 amide bonds. The first kappa shape index (κ1) is 15.9. The van der Waals surface area contributed by atoms with Gasteiger partial charge in [0.15, 0.2) is 0 Å². The minimum Gasteiger partial charge on any atom is -0.470 e. The van der Waals surface area contributed by atoms with E-state index >= 15 is 0 Å². The van der Waals surface area contributed by atoms with Crippen molar-refractivity contribution in [1.82, 2.24) is 14.9 Å². The second-order valence-corrected chi connectivity index (χ2v) is 5.77. The van der Waals surface area contributed by atoms with Crippen molar-refractivity contribution >= 4 is 5.91 Å². The Morgan fingerprint density at radius 3 is 2.92 bits per heavy atom. The Morgan fingerprint density at radius 2 is 2.12 bits per heavy atom. The summed E-state index contributed by atoms with van der Waals surface area (Å²) in [6.07, 6.45) is 4.44. The summed E-state index contributed by atoms with van der Waals surface area (Å²) < 4.78 is 5.83. The van der Waals surface area contributed by atoms with E-state index in [1.807, 2.05) is 37.3 Å². The molecule has 0 N–H and O–H groups in total. The Balaban J connectivity index is 1.72. The molecule has 1 unspecified atom stereocenters. The predicted molar refractivity (Wildman–Crippen MR) is 87.5 cm³/mol. The third-order valence-electron chi connectivity index (χ3n) is 4.09. The van der Waals surface area contributed by atoms with Crippen LogP contribution in [0.4, 0.5) is 0 Å². The highest BCUT2D eigenvalue weighted by atomic mass is 16.5. The number of ether oxygens (including phenoxy) is 1. The molecule has 6 heteroatoms. The molecule has 1 atom stereocenters. The lowest BCUT2D eigenvalue weighted by atomic mass is 10.0. The molecule has 0 aliphatic carbocycles. The van der Waals surface area contributed by atoms with Crippen LogP contribution in [0.5, 0.6) is 5.88 Å². The predicted octanol–water partition coefficient (Wildman–Crippen LogP) is 2.34. The molecule has 1 aliphatic rings. The second kappa shape index (κ2) is 7.09. The smallest absolute Gasteiger partial charge is 0.254 e. The van der Waals surface area contributed by atoms with Crippen molar-refractivity contribution in [2.24, 2.45) is 0 Å². The van der Waals surface area contributed by atoms with Crippen molar-refractivity contribution in [3.05, 3.63) is 53.5 Å². The molecule has 1 saturated heterocycles. The van der Waals surface area contributed by atoms with Crippen molar-refractivity contribution in [3.8, 4) is 11.9 Å². The van der Waals surface area contributed by atoms with Gasteiger partial charge in [-0.15, -0.1) is 0 Å². The van der Waals surface area contributed by atoms with Crippen molar-refractivity contribution in [2.45, 2.75) is 25.9 Å². The maximum atomic E-state index is 12.7. The van der Waals surface area contributed by atoms with Crippen LogP contribution in [0, 0.1) is 18.3 Å². The van der Waals surface area contributed by atoms with Crippen LogP contribution in [0.3, 0.4) is 0 Å². The van der Waals surface area contributed by atoms with E-state index in [-0.39, 0.29) is 23.6 Å². The molecule has 0 radical (unpaired) electrons. The summed E-state index contributed by atoms with van der Waals surface area (Å²) in [4.78, 5) is 22.6. The number of amides is 1. The van der Waals surface area contributed by atoms with Crippen LogP contribution in [0.2, 0.25) is 0 Å². The fourth-order valence-corrected chi connectivity index (χ4v) is 2.85. The fourth-order valence-electron chi connectivity index (χ4n) is 2.85. The number of piperidine rings is 1. The number of likely N-dealkylation sites (tertiary alicyclic amines) is 1. The lowest BCUT2D eigenvalue weighted by Gasteiger charge is -2.33. The SMILES string of the molecule is Cc1ccccc1C(=O)N1CCCC(Oc2nccnc2C#N)C1. The van der Waals surface area contributed by atoms with Gasteiger partial charge < -0.3 is 9.64 Å². The summed E-state index contributed by atoms with van der Waals surface area (Å²) in [7, 11) is 0. The molecule has 0 saturated carbocycles. The highest BCUT2D eigenvalue weighted by Gasteiger charge is 2.27. The van der Waals surface area contributed by atoms with E-state index in [0.29, 0.717) is 13.1 Å². The Labute approximate surface area is 140 Å². The van der Waals surface area contributed by atoms with E-state index in [1.54, 1.807) is 4.90 Å². The normalized spacial score (nSPS) is 17.2. The van der Waals surface area contributed by atoms with Gasteiger partial charge in [-0.1, -0.05) is 18.2 Å². The summed E-state index contributed by atoms with van der Waals surface area (Å²) >= 11 is 0. The standard InChI is InChI=1S/C18H18N4O2/c1-13-5-2-3-7-15(13)18(23)22-10-4-6-14(12-22)24-17-16(11-19)20-8-9-21-17/h2-3,5,7-9,14H,4,6,10,12H2,1H3. The number of aromatic nitrogens is 2. The maximum absolute atomic E-state index is 12.7. The number of hydrogen-bond acceptors (Lipinski definition) is 5. The zero-order chi connectivity index (χ0) is 16.9. The van der Waals surface area contributed by atoms with E-state index in [2.05, 4.69) is 9.97 Å². The highest BCUT2D eigenvalue weighted by molar-refractivity contribution is 5.95. The first-order chi connectivity index (χ1) is 11.7. The van der Waals surface area contributed by atoms with Crippen LogP contribution in [0.1, 0.15) is 34.5 Å². The van der Waals surface area contributed by atoms with Crippen LogP contribution in [0.15, 0.2) is 36.7 Å². The van der Waals surface area contributed by atoms with Crippen molar-refractivity contribution in [3.63, 3.8) is 0 Å². The van der Waals surface area contributed by atoms with Gasteiger partial charge in [0.1, 0.15) is 12.2 Å². The van der Waals surface area contributed by atoms with Crippen LogP contribution in [0.25, 0.3) is 0 Å². The average Bonchev–Trinajstić information content (AvgIpc) is 2.62. The van der Waals surface area contributed by atoms with Gasteiger partial charge in [0.2, 0.25) is 5.69 Å². The Morgan fingerprint density at radius 1 is 1.33 bits per heavy atom. The molecule has 3 rings (SSSR count). The molecule has 1 aliphatic heterocycles. The van der Waals surface area contributed by atoms with E-state index in [9.17, 15) is 4.79 Å². The number of benzene rings is 1. The lowest BCUT2D eigenvalue weighted by molar-refractivity contribution is 0.0525. The summed E-state index contributed by atoms with van der Waals surface area (Å²) in [5.74, 6) is 0.247. The molecule has 122 valence electrons. The minimum absolute atomic E-state index is 0.0149. The van der Waals surface area contributed by atoms with Gasteiger partial charge in [0.25, 0.3) is 11.8 Å². The van der Waals surface area contributed by atoms with Crippen LogP contribution in [-0.4, -0.2) is 40.0 Å². The monoisotopic (exact) mass is 322 g/mol. The maximum Gasteiger partial charge on any atom is 0.254 e. The summed E-state index contributed by atoms with van der Waals surface area (Å²) in [5.41, 5.74) is 1.85. The molecule has 24 heavy (non-hydrogen) atoms. The number of carbonyl (C=O) groups excluding carboxylic acids is 1. The fraction of sp³-hybridized carbons (Fsp3) is 0.333. The van der Waals surface area contributed by atoms with Crippen LogP contribution >= 0.6 is 0 Å². The molecular weight excluding hydrogens is 304 g/mol. The largest absolute Gasteiger partial charge is 0.470 e. The molecule has 0 bridgehead atoms. The first-order valence-corrected chi connectivity index (χ1v) is 7.91. The molecule has 1 aromatic carbocycles. The van der Waals surface area contributed by atoms with Crippen molar-refractivity contribution in [2.75, 3.05) is 13.1 Å². The van der Waals surface area contributed by atoms with Crippen LogP contribution < -0.4 is 4.74 Å². The van der Waals surface area contributed by atoms with E-state index in [4.69, 9.17) is 10.00 Å². The molecular formula is C18H18N4O2. The molecule has 6 nitrogen and oxygen atoms in total. The molecule has 0 spiro atoms. The quantitative estimate of drug-likeness (QED) is 0.866. The summed E-state index contributed by atoms with van der Waals surface area (Å²) in [6.45, 7) is 3.12. The van der Waals surface area contributed by atoms with Crippen molar-refractivity contribution in [1.29, 1.82) is 5.26 Å². The molecule has 1 aromatic heterocycles. The number of carbonyl (C=O) groups is 1. The third kappa shape index (κ3) is 3.35. The van der Waals surface area contributed by atoms with Gasteiger partial charge in [-0.2, -0.15) is 5.26 Å². The number of nitriles is 1. The second-order valence-electron chi connectivity index (χ2n) is 5.77. The minimum atomic E-state index is -0.185. The average molecular weight is 322 g/mol. The third-order valence-corrected chi connectivity index (χ3v) is 4.09. The van der Waals surface area contributed by atoms with E-state index in [0.717, 1.165) is 24.0 Å². The van der Waals surface area contributed by atoms with Gasteiger partial charge >= 0.3 is 0 Å². The summed E-state index contributed by atoms with van der Waals surface area (Å²) in [6, 6.07) is 9.55. The number of rotatable bonds is 3. The topological polar surface area (TPSA) is 79.1 Å². The highest BCUT2D eigenvalue weighted by Crippen LogP contribution is 2.20. The Kier molecular flexibility index (Phi) is 4.71. The molecule has 1 fully saturated rings.